The first-order valence-electron chi connectivity index (χ1n) is 6.55. The van der Waals surface area contributed by atoms with Crippen molar-refractivity contribution in [2.75, 3.05) is 12.5 Å². The zero-order chi connectivity index (χ0) is 15.8. The molecule has 0 spiro atoms. The minimum Gasteiger partial charge on any atom is -0.395 e. The number of phosphoric acid groups is 1. The lowest BCUT2D eigenvalue weighted by Crippen LogP contribution is -2.13. The predicted octanol–water partition coefficient (Wildman–Crippen LogP) is 5.12. The molecule has 1 atom stereocenters. The molecule has 0 aliphatic rings. The maximum Gasteiger partial charge on any atom is 0.587 e. The van der Waals surface area contributed by atoms with Crippen LogP contribution in [0.2, 0.25) is 0 Å². The average Bonchev–Trinajstić information content (AvgIpc) is 2.54. The van der Waals surface area contributed by atoms with E-state index in [1.54, 1.807) is 48.5 Å². The van der Waals surface area contributed by atoms with Gasteiger partial charge in [0, 0.05) is 5.88 Å². The lowest BCUT2D eigenvalue weighted by Gasteiger charge is -2.19. The number of halogens is 2. The van der Waals surface area contributed by atoms with Crippen LogP contribution in [0, 0.1) is 0 Å². The van der Waals surface area contributed by atoms with Gasteiger partial charge < -0.3 is 9.05 Å². The summed E-state index contributed by atoms with van der Waals surface area (Å²) in [4.78, 5) is 0. The van der Waals surface area contributed by atoms with Gasteiger partial charge in [0.05, 0.1) is 12.0 Å². The number of rotatable bonds is 8. The fraction of sp³-hybridized carbons (Fsp3) is 0.200. The molecule has 0 fully saturated rings. The van der Waals surface area contributed by atoms with E-state index in [2.05, 4.69) is 0 Å². The summed E-state index contributed by atoms with van der Waals surface area (Å²) in [6, 6.07) is 17.3. The molecule has 0 radical (unpaired) electrons. The minimum absolute atomic E-state index is 0.0536. The molecule has 0 aliphatic heterocycles. The molecular formula is C15H15Cl2O4P. The first-order chi connectivity index (χ1) is 10.6. The largest absolute Gasteiger partial charge is 0.587 e. The van der Waals surface area contributed by atoms with Gasteiger partial charge in [0.1, 0.15) is 11.5 Å². The molecule has 7 heteroatoms. The number of phosphoric ester groups is 1. The Balaban J connectivity index is 2.14. The molecule has 4 nitrogen and oxygen atoms in total. The number of para-hydroxylation sites is 2. The van der Waals surface area contributed by atoms with Crippen LogP contribution in [0.25, 0.3) is 0 Å². The molecule has 0 bridgehead atoms. The summed E-state index contributed by atoms with van der Waals surface area (Å²) < 4.78 is 28.9. The molecule has 0 saturated heterocycles. The normalized spacial score (nSPS) is 12.6. The number of benzene rings is 2. The summed E-state index contributed by atoms with van der Waals surface area (Å²) >= 11 is 11.5. The van der Waals surface area contributed by atoms with E-state index in [0.717, 1.165) is 0 Å². The Bertz CT molecular complexity index is 564. The van der Waals surface area contributed by atoms with Gasteiger partial charge in [-0.15, -0.1) is 23.2 Å². The van der Waals surface area contributed by atoms with E-state index >= 15 is 0 Å². The SMILES string of the molecule is O=P(OCC(Cl)CCl)(Oc1ccccc1)Oc1ccccc1. The quantitative estimate of drug-likeness (QED) is 0.484. The Morgan fingerprint density at radius 1 is 0.909 bits per heavy atom. The maximum absolute atomic E-state index is 12.8. The molecule has 0 aromatic heterocycles. The van der Waals surface area contributed by atoms with Gasteiger partial charge in [-0.3, -0.25) is 4.52 Å². The summed E-state index contributed by atoms with van der Waals surface area (Å²) in [6.07, 6.45) is 0. The van der Waals surface area contributed by atoms with Crippen LogP contribution in [-0.2, 0) is 9.09 Å². The second kappa shape index (κ2) is 8.44. The van der Waals surface area contributed by atoms with Crippen LogP contribution >= 0.6 is 31.0 Å². The van der Waals surface area contributed by atoms with Crippen LogP contribution in [0.15, 0.2) is 60.7 Å². The Labute approximate surface area is 139 Å². The number of hydrogen-bond donors (Lipinski definition) is 0. The lowest BCUT2D eigenvalue weighted by molar-refractivity contribution is 0.211. The highest BCUT2D eigenvalue weighted by molar-refractivity contribution is 7.49. The molecule has 0 saturated carbocycles. The van der Waals surface area contributed by atoms with Gasteiger partial charge in [-0.1, -0.05) is 36.4 Å². The molecule has 2 aromatic rings. The highest BCUT2D eigenvalue weighted by Gasteiger charge is 2.31. The Morgan fingerprint density at radius 3 is 1.77 bits per heavy atom. The van der Waals surface area contributed by atoms with Gasteiger partial charge in [0.25, 0.3) is 0 Å². The third kappa shape index (κ3) is 5.54. The summed E-state index contributed by atoms with van der Waals surface area (Å²) in [6.45, 7) is -0.0536. The highest BCUT2D eigenvalue weighted by Crippen LogP contribution is 2.49. The van der Waals surface area contributed by atoms with Crippen molar-refractivity contribution in [2.45, 2.75) is 5.38 Å². The standard InChI is InChI=1S/C15H15Cl2O4P/c16-11-13(17)12-19-22(18,20-14-7-3-1-4-8-14)21-15-9-5-2-6-10-15/h1-10,13H,11-12H2. The monoisotopic (exact) mass is 360 g/mol. The maximum atomic E-state index is 12.8. The Morgan fingerprint density at radius 2 is 1.36 bits per heavy atom. The van der Waals surface area contributed by atoms with Crippen molar-refractivity contribution < 1.29 is 18.1 Å². The van der Waals surface area contributed by atoms with Crippen molar-refractivity contribution in [3.63, 3.8) is 0 Å². The summed E-state index contributed by atoms with van der Waals surface area (Å²) in [5.74, 6) is 0.913. The van der Waals surface area contributed by atoms with E-state index in [4.69, 9.17) is 36.8 Å². The molecule has 0 N–H and O–H groups in total. The van der Waals surface area contributed by atoms with Crippen LogP contribution in [0.5, 0.6) is 11.5 Å². The van der Waals surface area contributed by atoms with Gasteiger partial charge in [-0.2, -0.15) is 0 Å². The van der Waals surface area contributed by atoms with Crippen molar-refractivity contribution in [1.29, 1.82) is 0 Å². The molecule has 1 unspecified atom stereocenters. The van der Waals surface area contributed by atoms with E-state index in [9.17, 15) is 4.57 Å². The average molecular weight is 361 g/mol. The van der Waals surface area contributed by atoms with E-state index in [1.807, 2.05) is 12.1 Å². The molecule has 0 aliphatic carbocycles. The topological polar surface area (TPSA) is 44.8 Å². The fourth-order valence-electron chi connectivity index (χ4n) is 1.51. The van der Waals surface area contributed by atoms with E-state index in [-0.39, 0.29) is 12.5 Å². The number of alkyl halides is 2. The van der Waals surface area contributed by atoms with Gasteiger partial charge in [0.2, 0.25) is 0 Å². The van der Waals surface area contributed by atoms with E-state index in [1.165, 1.54) is 0 Å². The summed E-state index contributed by atoms with van der Waals surface area (Å²) in [5, 5.41) is -0.492. The van der Waals surface area contributed by atoms with Crippen LogP contribution in [0.3, 0.4) is 0 Å². The molecule has 118 valence electrons. The first-order valence-corrected chi connectivity index (χ1v) is 8.98. The number of hydrogen-bond acceptors (Lipinski definition) is 4. The van der Waals surface area contributed by atoms with Crippen LogP contribution in [0.4, 0.5) is 0 Å². The summed E-state index contributed by atoms with van der Waals surface area (Å²) in [7, 11) is -3.87. The molecule has 22 heavy (non-hydrogen) atoms. The molecule has 0 amide bonds. The van der Waals surface area contributed by atoms with Crippen LogP contribution in [-0.4, -0.2) is 17.9 Å². The predicted molar refractivity (Wildman–Crippen MR) is 88.1 cm³/mol. The second-order valence-corrected chi connectivity index (χ2v) is 6.75. The van der Waals surface area contributed by atoms with Crippen LogP contribution < -0.4 is 9.05 Å². The third-order valence-electron chi connectivity index (χ3n) is 2.50. The van der Waals surface area contributed by atoms with E-state index < -0.39 is 13.2 Å². The van der Waals surface area contributed by atoms with Gasteiger partial charge in [-0.05, 0) is 24.3 Å². The van der Waals surface area contributed by atoms with Crippen molar-refractivity contribution in [1.82, 2.24) is 0 Å². The van der Waals surface area contributed by atoms with Crippen molar-refractivity contribution in [3.8, 4) is 11.5 Å². The first kappa shape index (κ1) is 17.2. The van der Waals surface area contributed by atoms with Gasteiger partial charge in [-0.25, -0.2) is 4.57 Å². The van der Waals surface area contributed by atoms with Crippen molar-refractivity contribution in [2.24, 2.45) is 0 Å². The molecule has 0 heterocycles. The molecule has 2 rings (SSSR count). The Kier molecular flexibility index (Phi) is 6.59. The minimum atomic E-state index is -3.87. The third-order valence-corrected chi connectivity index (χ3v) is 4.65. The summed E-state index contributed by atoms with van der Waals surface area (Å²) in [5.41, 5.74) is 0. The van der Waals surface area contributed by atoms with Crippen LogP contribution in [0.1, 0.15) is 0 Å². The zero-order valence-corrected chi connectivity index (χ0v) is 14.0. The van der Waals surface area contributed by atoms with Crippen molar-refractivity contribution >= 4 is 31.0 Å². The zero-order valence-electron chi connectivity index (χ0n) is 11.6. The van der Waals surface area contributed by atoms with E-state index in [0.29, 0.717) is 11.5 Å². The fourth-order valence-corrected chi connectivity index (χ4v) is 3.01. The second-order valence-electron chi connectivity index (χ2n) is 4.30. The molecule has 2 aromatic carbocycles. The Hall–Kier alpha value is -1.19. The van der Waals surface area contributed by atoms with Crippen molar-refractivity contribution in [3.05, 3.63) is 60.7 Å². The highest BCUT2D eigenvalue weighted by atomic mass is 35.5. The lowest BCUT2D eigenvalue weighted by atomic mass is 10.3. The smallest absolute Gasteiger partial charge is 0.395 e. The van der Waals surface area contributed by atoms with Gasteiger partial charge in [0.15, 0.2) is 0 Å². The van der Waals surface area contributed by atoms with Gasteiger partial charge >= 0.3 is 7.82 Å². The molecular weight excluding hydrogens is 346 g/mol.